The lowest BCUT2D eigenvalue weighted by Gasteiger charge is -2.21. The van der Waals surface area contributed by atoms with E-state index in [4.69, 9.17) is 0 Å². The number of halogens is 1. The van der Waals surface area contributed by atoms with Gasteiger partial charge in [0, 0.05) is 12.4 Å². The van der Waals surface area contributed by atoms with Crippen molar-refractivity contribution in [3.63, 3.8) is 0 Å². The Bertz CT molecular complexity index is 1040. The lowest BCUT2D eigenvalue weighted by Crippen LogP contribution is -2.35. The Kier molecular flexibility index (Phi) is 6.41. The van der Waals surface area contributed by atoms with Crippen LogP contribution in [0.25, 0.3) is 23.3 Å². The molecule has 1 unspecified atom stereocenters. The van der Waals surface area contributed by atoms with Crippen LogP contribution in [0.2, 0.25) is 0 Å². The zero-order valence-corrected chi connectivity index (χ0v) is 16.8. The van der Waals surface area contributed by atoms with Gasteiger partial charge in [0.15, 0.2) is 0 Å². The van der Waals surface area contributed by atoms with E-state index in [1.165, 1.54) is 39.1 Å². The minimum absolute atomic E-state index is 0.191. The summed E-state index contributed by atoms with van der Waals surface area (Å²) in [6.07, 6.45) is 21.4. The standard InChI is InChI=1S/C21H21F.C6H7N/c22-13-3-4-15-7-8-17-10-11-19-18-6-2-1-5-16(18)9-12-20(19)21(17)14-15;1-2-4-6-7-5-3-1/h1-2,5-6,10-12,14-15H,3-4,7-9,13H2;1-7H. The zero-order valence-electron chi connectivity index (χ0n) is 16.8. The van der Waals surface area contributed by atoms with Gasteiger partial charge in [-0.05, 0) is 82.9 Å². The summed E-state index contributed by atoms with van der Waals surface area (Å²) in [6.45, 7) is -0.191. The van der Waals surface area contributed by atoms with Crippen molar-refractivity contribution in [1.29, 1.82) is 0 Å². The molecule has 2 aromatic carbocycles. The molecule has 5 rings (SSSR count). The van der Waals surface area contributed by atoms with Crippen molar-refractivity contribution in [3.05, 3.63) is 94.7 Å². The average molecular weight is 386 g/mol. The van der Waals surface area contributed by atoms with Gasteiger partial charge in [-0.3, -0.25) is 4.39 Å². The van der Waals surface area contributed by atoms with Gasteiger partial charge in [0.1, 0.15) is 0 Å². The first-order valence-electron chi connectivity index (χ1n) is 10.6. The van der Waals surface area contributed by atoms with Gasteiger partial charge in [0.2, 0.25) is 0 Å². The van der Waals surface area contributed by atoms with E-state index in [2.05, 4.69) is 53.9 Å². The highest BCUT2D eigenvalue weighted by Gasteiger charge is 2.17. The van der Waals surface area contributed by atoms with Gasteiger partial charge in [-0.1, -0.05) is 60.7 Å². The Hall–Kier alpha value is -2.87. The highest BCUT2D eigenvalue weighted by Crippen LogP contribution is 2.26. The summed E-state index contributed by atoms with van der Waals surface area (Å²) in [5, 5.41) is 5.75. The molecule has 2 aliphatic carbocycles. The van der Waals surface area contributed by atoms with Crippen molar-refractivity contribution < 1.29 is 4.39 Å². The highest BCUT2D eigenvalue weighted by atomic mass is 19.1. The van der Waals surface area contributed by atoms with E-state index in [0.717, 1.165) is 19.3 Å². The second kappa shape index (κ2) is 9.56. The van der Waals surface area contributed by atoms with Gasteiger partial charge in [-0.2, -0.15) is 0 Å². The summed E-state index contributed by atoms with van der Waals surface area (Å²) >= 11 is 0. The molecule has 0 bridgehead atoms. The number of nitrogens with one attached hydrogen (secondary N) is 1. The monoisotopic (exact) mass is 385 g/mol. The second-order valence-corrected chi connectivity index (χ2v) is 7.73. The fourth-order valence-electron chi connectivity index (χ4n) is 4.36. The van der Waals surface area contributed by atoms with Crippen LogP contribution in [0.5, 0.6) is 0 Å². The molecular formula is C27H28FN. The molecule has 0 spiro atoms. The minimum atomic E-state index is -0.191. The quantitative estimate of drug-likeness (QED) is 0.788. The Balaban J connectivity index is 0.000000249. The van der Waals surface area contributed by atoms with E-state index in [1.54, 1.807) is 0 Å². The van der Waals surface area contributed by atoms with Gasteiger partial charge in [-0.25, -0.2) is 0 Å². The minimum Gasteiger partial charge on any atom is -0.368 e. The number of hydrogen-bond acceptors (Lipinski definition) is 1. The summed E-state index contributed by atoms with van der Waals surface area (Å²) in [4.78, 5) is 0. The second-order valence-electron chi connectivity index (χ2n) is 7.73. The summed E-state index contributed by atoms with van der Waals surface area (Å²) in [7, 11) is 0. The smallest absolute Gasteiger partial charge is 0.0894 e. The van der Waals surface area contributed by atoms with Crippen LogP contribution in [0, 0.1) is 5.92 Å². The number of aryl methyl sites for hydroxylation is 1. The molecule has 1 N–H and O–H groups in total. The number of alkyl halides is 1. The van der Waals surface area contributed by atoms with Crippen LogP contribution in [-0.2, 0) is 12.8 Å². The molecule has 0 radical (unpaired) electrons. The van der Waals surface area contributed by atoms with E-state index < -0.39 is 0 Å². The van der Waals surface area contributed by atoms with Gasteiger partial charge in [0.25, 0.3) is 0 Å². The Morgan fingerprint density at radius 1 is 0.862 bits per heavy atom. The first-order valence-corrected chi connectivity index (χ1v) is 10.6. The van der Waals surface area contributed by atoms with Crippen LogP contribution in [0.4, 0.5) is 4.39 Å². The molecule has 0 saturated heterocycles. The molecule has 2 aromatic rings. The van der Waals surface area contributed by atoms with Crippen molar-refractivity contribution >= 4 is 12.2 Å². The highest BCUT2D eigenvalue weighted by molar-refractivity contribution is 5.74. The molecule has 29 heavy (non-hydrogen) atoms. The Labute approximate surface area is 172 Å². The third-order valence-corrected chi connectivity index (χ3v) is 5.82. The molecule has 0 saturated carbocycles. The molecular weight excluding hydrogens is 357 g/mol. The fourth-order valence-corrected chi connectivity index (χ4v) is 4.36. The van der Waals surface area contributed by atoms with Crippen molar-refractivity contribution in [3.8, 4) is 11.1 Å². The van der Waals surface area contributed by atoms with Gasteiger partial charge in [-0.15, -0.1) is 0 Å². The Morgan fingerprint density at radius 2 is 1.69 bits per heavy atom. The van der Waals surface area contributed by atoms with Gasteiger partial charge in [0.05, 0.1) is 6.67 Å². The molecule has 1 aliphatic heterocycles. The van der Waals surface area contributed by atoms with Crippen LogP contribution >= 0.6 is 0 Å². The first kappa shape index (κ1) is 19.4. The van der Waals surface area contributed by atoms with Crippen molar-refractivity contribution in [2.45, 2.75) is 32.1 Å². The maximum absolute atomic E-state index is 12.5. The molecule has 148 valence electrons. The zero-order chi connectivity index (χ0) is 19.9. The molecule has 0 aromatic heterocycles. The van der Waals surface area contributed by atoms with Crippen molar-refractivity contribution in [2.75, 3.05) is 6.67 Å². The average Bonchev–Trinajstić information content (AvgIpc) is 3.11. The van der Waals surface area contributed by atoms with Crippen molar-refractivity contribution in [2.24, 2.45) is 5.92 Å². The third kappa shape index (κ3) is 4.59. The number of benzene rings is 2. The van der Waals surface area contributed by atoms with E-state index in [9.17, 15) is 4.39 Å². The van der Waals surface area contributed by atoms with Crippen LogP contribution in [0.1, 0.15) is 30.4 Å². The largest absolute Gasteiger partial charge is 0.368 e. The molecule has 1 nitrogen and oxygen atoms in total. The number of allylic oxidation sites excluding steroid dienone is 4. The third-order valence-electron chi connectivity index (χ3n) is 5.82. The maximum atomic E-state index is 12.5. The molecule has 1 heterocycles. The molecule has 0 amide bonds. The van der Waals surface area contributed by atoms with E-state index in [-0.39, 0.29) is 6.67 Å². The summed E-state index contributed by atoms with van der Waals surface area (Å²) in [5.74, 6) is 0.542. The molecule has 2 heteroatoms. The van der Waals surface area contributed by atoms with Crippen LogP contribution in [-0.4, -0.2) is 6.67 Å². The lowest BCUT2D eigenvalue weighted by atomic mass is 9.83. The van der Waals surface area contributed by atoms with Gasteiger partial charge >= 0.3 is 0 Å². The van der Waals surface area contributed by atoms with Crippen LogP contribution < -0.4 is 15.8 Å². The first-order chi connectivity index (χ1) is 14.4. The predicted molar refractivity (Wildman–Crippen MR) is 121 cm³/mol. The molecule has 0 fully saturated rings. The van der Waals surface area contributed by atoms with Crippen molar-refractivity contribution in [1.82, 2.24) is 5.32 Å². The topological polar surface area (TPSA) is 12.0 Å². The predicted octanol–water partition coefficient (Wildman–Crippen LogP) is 4.96. The molecule has 3 aliphatic rings. The van der Waals surface area contributed by atoms with Gasteiger partial charge < -0.3 is 5.32 Å². The molecule has 1 atom stereocenters. The van der Waals surface area contributed by atoms with E-state index >= 15 is 0 Å². The summed E-state index contributed by atoms with van der Waals surface area (Å²) in [6, 6.07) is 13.3. The van der Waals surface area contributed by atoms with Crippen LogP contribution in [0.15, 0.2) is 73.1 Å². The summed E-state index contributed by atoms with van der Waals surface area (Å²) in [5.41, 5.74) is 5.62. The van der Waals surface area contributed by atoms with E-state index in [1.807, 2.05) is 36.7 Å². The van der Waals surface area contributed by atoms with E-state index in [0.29, 0.717) is 12.3 Å². The fraction of sp³-hybridized carbons (Fsp3) is 0.259. The number of rotatable bonds is 3. The number of fused-ring (bicyclic) bond motifs is 5. The van der Waals surface area contributed by atoms with Crippen LogP contribution in [0.3, 0.4) is 0 Å². The SMILES string of the molecule is C1=CC=CNC=C1.FCCCC1C=c2c(ccc3c2=CCc2ccccc2-3)CC1. The number of hydrogen-bond donors (Lipinski definition) is 1. The maximum Gasteiger partial charge on any atom is 0.0894 e. The summed E-state index contributed by atoms with van der Waals surface area (Å²) < 4.78 is 12.5. The Morgan fingerprint density at radius 3 is 2.52 bits per heavy atom. The normalized spacial score (nSPS) is 17.9. The lowest BCUT2D eigenvalue weighted by molar-refractivity contribution is 0.429.